The number of carbonyl (C=O) groups is 1. The third kappa shape index (κ3) is 4.26. The van der Waals surface area contributed by atoms with E-state index in [1.807, 2.05) is 13.8 Å². The molecule has 3 N–H and O–H groups in total. The van der Waals surface area contributed by atoms with Gasteiger partial charge in [0.25, 0.3) is 0 Å². The zero-order valence-electron chi connectivity index (χ0n) is 9.70. The van der Waals surface area contributed by atoms with Crippen molar-refractivity contribution in [2.75, 3.05) is 18.9 Å². The van der Waals surface area contributed by atoms with Crippen LogP contribution in [0.25, 0.3) is 0 Å². The molecule has 7 nitrogen and oxygen atoms in total. The third-order valence-electron chi connectivity index (χ3n) is 1.64. The Morgan fingerprint density at radius 1 is 1.44 bits per heavy atom. The van der Waals surface area contributed by atoms with Crippen LogP contribution in [0.1, 0.15) is 19.7 Å². The SMILES string of the molecule is CNCc1nnc(NCC(=O)NC(C)C)o1. The first-order valence-electron chi connectivity index (χ1n) is 5.12. The second-order valence-corrected chi connectivity index (χ2v) is 3.61. The van der Waals surface area contributed by atoms with Crippen LogP contribution in [0.3, 0.4) is 0 Å². The van der Waals surface area contributed by atoms with E-state index in [1.165, 1.54) is 0 Å². The lowest BCUT2D eigenvalue weighted by Crippen LogP contribution is -2.34. The molecule has 1 aromatic rings. The Kier molecular flexibility index (Phi) is 4.71. The van der Waals surface area contributed by atoms with Crippen molar-refractivity contribution in [2.24, 2.45) is 0 Å². The molecule has 0 atom stereocenters. The van der Waals surface area contributed by atoms with E-state index in [2.05, 4.69) is 26.1 Å². The number of nitrogens with zero attached hydrogens (tertiary/aromatic N) is 2. The van der Waals surface area contributed by atoms with Gasteiger partial charge in [0.2, 0.25) is 11.8 Å². The summed E-state index contributed by atoms with van der Waals surface area (Å²) in [6, 6.07) is 0.376. The molecule has 0 fully saturated rings. The van der Waals surface area contributed by atoms with E-state index in [-0.39, 0.29) is 24.5 Å². The Balaban J connectivity index is 2.33. The number of anilines is 1. The van der Waals surface area contributed by atoms with Crippen LogP contribution >= 0.6 is 0 Å². The molecule has 0 bridgehead atoms. The number of hydrogen-bond donors (Lipinski definition) is 3. The number of carbonyl (C=O) groups excluding carboxylic acids is 1. The van der Waals surface area contributed by atoms with Crippen molar-refractivity contribution in [2.45, 2.75) is 26.4 Å². The maximum absolute atomic E-state index is 11.3. The third-order valence-corrected chi connectivity index (χ3v) is 1.64. The summed E-state index contributed by atoms with van der Waals surface area (Å²) in [5.41, 5.74) is 0. The molecule has 0 aromatic carbocycles. The molecular formula is C9H17N5O2. The van der Waals surface area contributed by atoms with E-state index >= 15 is 0 Å². The van der Waals surface area contributed by atoms with E-state index in [4.69, 9.17) is 4.42 Å². The van der Waals surface area contributed by atoms with Gasteiger partial charge in [0.15, 0.2) is 0 Å². The van der Waals surface area contributed by atoms with Gasteiger partial charge in [0.1, 0.15) is 0 Å². The molecule has 16 heavy (non-hydrogen) atoms. The molecule has 1 heterocycles. The molecule has 90 valence electrons. The second kappa shape index (κ2) is 6.06. The van der Waals surface area contributed by atoms with Crippen molar-refractivity contribution in [1.82, 2.24) is 20.8 Å². The maximum atomic E-state index is 11.3. The fourth-order valence-electron chi connectivity index (χ4n) is 1.08. The van der Waals surface area contributed by atoms with Gasteiger partial charge in [-0.2, -0.15) is 0 Å². The lowest BCUT2D eigenvalue weighted by molar-refractivity contribution is -0.119. The molecule has 0 aliphatic heterocycles. The van der Waals surface area contributed by atoms with Crippen LogP contribution in [0.4, 0.5) is 6.01 Å². The van der Waals surface area contributed by atoms with Crippen LogP contribution in [0, 0.1) is 0 Å². The average molecular weight is 227 g/mol. The van der Waals surface area contributed by atoms with E-state index < -0.39 is 0 Å². The van der Waals surface area contributed by atoms with Crippen molar-refractivity contribution in [3.05, 3.63) is 5.89 Å². The minimum atomic E-state index is -0.108. The van der Waals surface area contributed by atoms with Crippen molar-refractivity contribution in [1.29, 1.82) is 0 Å². The van der Waals surface area contributed by atoms with E-state index in [1.54, 1.807) is 7.05 Å². The first-order valence-corrected chi connectivity index (χ1v) is 5.12. The first kappa shape index (κ1) is 12.4. The molecule has 1 aromatic heterocycles. The Bertz CT molecular complexity index is 336. The summed E-state index contributed by atoms with van der Waals surface area (Å²) < 4.78 is 5.20. The molecular weight excluding hydrogens is 210 g/mol. The van der Waals surface area contributed by atoms with E-state index in [0.29, 0.717) is 12.4 Å². The minimum absolute atomic E-state index is 0.108. The van der Waals surface area contributed by atoms with Crippen LogP contribution < -0.4 is 16.0 Å². The van der Waals surface area contributed by atoms with Crippen molar-refractivity contribution >= 4 is 11.9 Å². The summed E-state index contributed by atoms with van der Waals surface area (Å²) in [4.78, 5) is 11.3. The van der Waals surface area contributed by atoms with Gasteiger partial charge in [-0.1, -0.05) is 5.10 Å². The molecule has 0 saturated carbocycles. The largest absolute Gasteiger partial charge is 0.407 e. The monoisotopic (exact) mass is 227 g/mol. The van der Waals surface area contributed by atoms with Gasteiger partial charge in [-0.25, -0.2) is 0 Å². The highest BCUT2D eigenvalue weighted by molar-refractivity contribution is 5.80. The lowest BCUT2D eigenvalue weighted by Gasteiger charge is -2.07. The minimum Gasteiger partial charge on any atom is -0.407 e. The normalized spacial score (nSPS) is 10.5. The number of rotatable bonds is 6. The molecule has 1 amide bonds. The lowest BCUT2D eigenvalue weighted by atomic mass is 10.4. The molecule has 0 aliphatic rings. The van der Waals surface area contributed by atoms with Crippen LogP contribution in [0.2, 0.25) is 0 Å². The van der Waals surface area contributed by atoms with Gasteiger partial charge in [0.05, 0.1) is 13.1 Å². The van der Waals surface area contributed by atoms with E-state index in [0.717, 1.165) is 0 Å². The van der Waals surface area contributed by atoms with Crippen molar-refractivity contribution in [3.63, 3.8) is 0 Å². The van der Waals surface area contributed by atoms with E-state index in [9.17, 15) is 4.79 Å². The van der Waals surface area contributed by atoms with Crippen LogP contribution in [-0.4, -0.2) is 35.7 Å². The maximum Gasteiger partial charge on any atom is 0.315 e. The van der Waals surface area contributed by atoms with Crippen LogP contribution in [0.15, 0.2) is 4.42 Å². The molecule has 7 heteroatoms. The highest BCUT2D eigenvalue weighted by Crippen LogP contribution is 2.03. The summed E-state index contributed by atoms with van der Waals surface area (Å²) in [5.74, 6) is 0.373. The number of nitrogens with one attached hydrogen (secondary N) is 3. The molecule has 0 aliphatic carbocycles. The average Bonchev–Trinajstić information content (AvgIpc) is 2.62. The standard InChI is InChI=1S/C9H17N5O2/c1-6(2)12-7(15)4-11-9-14-13-8(16-9)5-10-3/h6,10H,4-5H2,1-3H3,(H,11,14)(H,12,15). The Morgan fingerprint density at radius 2 is 2.19 bits per heavy atom. The summed E-state index contributed by atoms with van der Waals surface area (Å²) in [7, 11) is 1.79. The van der Waals surface area contributed by atoms with Gasteiger partial charge in [-0.3, -0.25) is 4.79 Å². The fraction of sp³-hybridized carbons (Fsp3) is 0.667. The zero-order chi connectivity index (χ0) is 12.0. The van der Waals surface area contributed by atoms with Gasteiger partial charge in [0, 0.05) is 6.04 Å². The Hall–Kier alpha value is -1.63. The van der Waals surface area contributed by atoms with Crippen LogP contribution in [-0.2, 0) is 11.3 Å². The first-order chi connectivity index (χ1) is 7.61. The summed E-state index contributed by atoms with van der Waals surface area (Å²) in [5, 5.41) is 15.9. The molecule has 0 radical (unpaired) electrons. The molecule has 1 rings (SSSR count). The zero-order valence-corrected chi connectivity index (χ0v) is 9.70. The van der Waals surface area contributed by atoms with Gasteiger partial charge in [-0.15, -0.1) is 5.10 Å². The number of aromatic nitrogens is 2. The predicted molar refractivity (Wildman–Crippen MR) is 58.8 cm³/mol. The summed E-state index contributed by atoms with van der Waals surface area (Å²) in [6.45, 7) is 4.43. The van der Waals surface area contributed by atoms with Crippen LogP contribution in [0.5, 0.6) is 0 Å². The molecule has 0 saturated heterocycles. The highest BCUT2D eigenvalue weighted by atomic mass is 16.4. The van der Waals surface area contributed by atoms with Gasteiger partial charge in [-0.05, 0) is 20.9 Å². The smallest absolute Gasteiger partial charge is 0.315 e. The second-order valence-electron chi connectivity index (χ2n) is 3.61. The Morgan fingerprint density at radius 3 is 2.81 bits per heavy atom. The fourth-order valence-corrected chi connectivity index (χ4v) is 1.08. The predicted octanol–water partition coefficient (Wildman–Crippen LogP) is -0.274. The topological polar surface area (TPSA) is 92.1 Å². The van der Waals surface area contributed by atoms with Gasteiger partial charge >= 0.3 is 6.01 Å². The Labute approximate surface area is 94.0 Å². The molecule has 0 spiro atoms. The quantitative estimate of drug-likeness (QED) is 0.619. The number of hydrogen-bond acceptors (Lipinski definition) is 6. The van der Waals surface area contributed by atoms with Gasteiger partial charge < -0.3 is 20.4 Å². The summed E-state index contributed by atoms with van der Waals surface area (Å²) >= 11 is 0. The highest BCUT2D eigenvalue weighted by Gasteiger charge is 2.07. The molecule has 0 unspecified atom stereocenters. The number of amides is 1. The summed E-state index contributed by atoms with van der Waals surface area (Å²) in [6.07, 6.45) is 0. The van der Waals surface area contributed by atoms with Crippen molar-refractivity contribution in [3.8, 4) is 0 Å². The van der Waals surface area contributed by atoms with Crippen molar-refractivity contribution < 1.29 is 9.21 Å².